The van der Waals surface area contributed by atoms with Crippen LogP contribution >= 0.6 is 10.7 Å². The molecule has 0 atom stereocenters. The molecule has 0 saturated carbocycles. The summed E-state index contributed by atoms with van der Waals surface area (Å²) < 4.78 is 26.0. The summed E-state index contributed by atoms with van der Waals surface area (Å²) in [7, 11) is 1.35. The number of halogens is 1. The molecule has 0 radical (unpaired) electrons. The standard InChI is InChI=1S/C7H7ClO3S/c1-6-2-3-7(11-6)4-5-12(8,9)10/h2-5H,1H3/b5-4-. The average molecular weight is 207 g/mol. The lowest BCUT2D eigenvalue weighted by Gasteiger charge is -1.83. The molecule has 12 heavy (non-hydrogen) atoms. The molecular weight excluding hydrogens is 200 g/mol. The minimum Gasteiger partial charge on any atom is -0.462 e. The molecule has 1 rings (SSSR count). The van der Waals surface area contributed by atoms with Crippen LogP contribution in [0.5, 0.6) is 0 Å². The first-order valence-electron chi connectivity index (χ1n) is 3.16. The monoisotopic (exact) mass is 206 g/mol. The summed E-state index contributed by atoms with van der Waals surface area (Å²) >= 11 is 0. The third-order valence-corrected chi connectivity index (χ3v) is 1.93. The van der Waals surface area contributed by atoms with Gasteiger partial charge in [-0.25, -0.2) is 8.42 Å². The Hall–Kier alpha value is -0.740. The molecule has 0 aliphatic carbocycles. The highest BCUT2D eigenvalue weighted by molar-refractivity contribution is 8.16. The molecule has 66 valence electrons. The molecule has 0 aliphatic rings. The first kappa shape index (κ1) is 9.35. The molecule has 0 N–H and O–H groups in total. The van der Waals surface area contributed by atoms with Crippen LogP contribution in [-0.2, 0) is 9.05 Å². The fourth-order valence-electron chi connectivity index (χ4n) is 0.691. The van der Waals surface area contributed by atoms with E-state index >= 15 is 0 Å². The summed E-state index contributed by atoms with van der Waals surface area (Å²) in [5, 5.41) is 0.882. The predicted molar refractivity (Wildman–Crippen MR) is 47.3 cm³/mol. The summed E-state index contributed by atoms with van der Waals surface area (Å²) in [4.78, 5) is 0. The number of aryl methyl sites for hydroxylation is 1. The largest absolute Gasteiger partial charge is 0.462 e. The average Bonchev–Trinajstić information content (AvgIpc) is 2.30. The van der Waals surface area contributed by atoms with Gasteiger partial charge in [-0.2, -0.15) is 0 Å². The van der Waals surface area contributed by atoms with Crippen molar-refractivity contribution in [1.82, 2.24) is 0 Å². The van der Waals surface area contributed by atoms with Gasteiger partial charge < -0.3 is 4.42 Å². The maximum Gasteiger partial charge on any atom is 0.254 e. The first-order valence-corrected chi connectivity index (χ1v) is 5.54. The second-order valence-corrected chi connectivity index (χ2v) is 4.74. The van der Waals surface area contributed by atoms with Gasteiger partial charge in [0.2, 0.25) is 0 Å². The fraction of sp³-hybridized carbons (Fsp3) is 0.143. The van der Waals surface area contributed by atoms with Crippen molar-refractivity contribution < 1.29 is 12.8 Å². The second kappa shape index (κ2) is 3.33. The molecule has 0 bridgehead atoms. The van der Waals surface area contributed by atoms with Crippen LogP contribution in [0, 0.1) is 6.92 Å². The van der Waals surface area contributed by atoms with E-state index in [0.29, 0.717) is 5.76 Å². The number of furan rings is 1. The van der Waals surface area contributed by atoms with Crippen molar-refractivity contribution in [3.05, 3.63) is 29.1 Å². The lowest BCUT2D eigenvalue weighted by Crippen LogP contribution is -1.77. The Balaban J connectivity index is 2.84. The van der Waals surface area contributed by atoms with E-state index in [-0.39, 0.29) is 0 Å². The van der Waals surface area contributed by atoms with Crippen LogP contribution in [0.25, 0.3) is 6.08 Å². The number of rotatable bonds is 2. The van der Waals surface area contributed by atoms with E-state index in [1.807, 2.05) is 0 Å². The van der Waals surface area contributed by atoms with Gasteiger partial charge in [0.15, 0.2) is 0 Å². The molecule has 3 nitrogen and oxygen atoms in total. The van der Waals surface area contributed by atoms with Gasteiger partial charge in [-0.3, -0.25) is 0 Å². The van der Waals surface area contributed by atoms with Crippen molar-refractivity contribution in [2.75, 3.05) is 0 Å². The van der Waals surface area contributed by atoms with E-state index in [2.05, 4.69) is 0 Å². The van der Waals surface area contributed by atoms with Gasteiger partial charge in [-0.1, -0.05) is 0 Å². The minimum atomic E-state index is -3.58. The zero-order valence-electron chi connectivity index (χ0n) is 6.32. The Morgan fingerprint density at radius 2 is 2.17 bits per heavy atom. The van der Waals surface area contributed by atoms with Gasteiger partial charge in [0.25, 0.3) is 9.05 Å². The number of hydrogen-bond acceptors (Lipinski definition) is 3. The lowest BCUT2D eigenvalue weighted by atomic mass is 10.4. The highest BCUT2D eigenvalue weighted by Gasteiger charge is 1.98. The van der Waals surface area contributed by atoms with Gasteiger partial charge >= 0.3 is 0 Å². The normalized spacial score (nSPS) is 12.5. The summed E-state index contributed by atoms with van der Waals surface area (Å²) in [6, 6.07) is 3.40. The topological polar surface area (TPSA) is 47.3 Å². The van der Waals surface area contributed by atoms with E-state index in [1.54, 1.807) is 19.1 Å². The van der Waals surface area contributed by atoms with Crippen molar-refractivity contribution in [2.45, 2.75) is 6.92 Å². The van der Waals surface area contributed by atoms with Crippen LogP contribution in [0.2, 0.25) is 0 Å². The van der Waals surface area contributed by atoms with Crippen LogP contribution in [0.1, 0.15) is 11.5 Å². The van der Waals surface area contributed by atoms with Crippen molar-refractivity contribution in [3.8, 4) is 0 Å². The summed E-state index contributed by atoms with van der Waals surface area (Å²) in [6.45, 7) is 1.77. The minimum absolute atomic E-state index is 0.469. The Bertz CT molecular complexity index is 389. The molecule has 0 fully saturated rings. The molecule has 5 heteroatoms. The van der Waals surface area contributed by atoms with E-state index in [1.165, 1.54) is 6.08 Å². The highest BCUT2D eigenvalue weighted by atomic mass is 35.7. The van der Waals surface area contributed by atoms with Crippen molar-refractivity contribution >= 4 is 25.8 Å². The fourth-order valence-corrected chi connectivity index (χ4v) is 1.14. The maximum atomic E-state index is 10.4. The summed E-state index contributed by atoms with van der Waals surface area (Å²) in [5.74, 6) is 1.19. The zero-order chi connectivity index (χ0) is 9.19. The third kappa shape index (κ3) is 3.11. The molecule has 0 aliphatic heterocycles. The molecule has 0 saturated heterocycles. The van der Waals surface area contributed by atoms with E-state index in [9.17, 15) is 8.42 Å². The van der Waals surface area contributed by atoms with Crippen molar-refractivity contribution in [2.24, 2.45) is 0 Å². The molecular formula is C7H7ClO3S. The molecule has 0 aromatic carbocycles. The smallest absolute Gasteiger partial charge is 0.254 e. The van der Waals surface area contributed by atoms with E-state index in [0.717, 1.165) is 11.2 Å². The predicted octanol–water partition coefficient (Wildman–Crippen LogP) is 2.13. The maximum absolute atomic E-state index is 10.4. The Morgan fingerprint density at radius 1 is 1.50 bits per heavy atom. The number of hydrogen-bond donors (Lipinski definition) is 0. The van der Waals surface area contributed by atoms with Crippen LogP contribution in [0.15, 0.2) is 22.0 Å². The van der Waals surface area contributed by atoms with E-state index in [4.69, 9.17) is 15.1 Å². The molecule has 0 unspecified atom stereocenters. The quantitative estimate of drug-likeness (QED) is 0.697. The molecule has 0 amide bonds. The van der Waals surface area contributed by atoms with Gasteiger partial charge in [0.05, 0.1) is 0 Å². The Kier molecular flexibility index (Phi) is 2.59. The zero-order valence-corrected chi connectivity index (χ0v) is 7.89. The second-order valence-electron chi connectivity index (χ2n) is 2.23. The van der Waals surface area contributed by atoms with Crippen LogP contribution < -0.4 is 0 Å². The van der Waals surface area contributed by atoms with E-state index < -0.39 is 9.05 Å². The van der Waals surface area contributed by atoms with Gasteiger partial charge in [0, 0.05) is 16.1 Å². The SMILES string of the molecule is Cc1ccc(/C=C\S(=O)(=O)Cl)o1. The molecule has 0 spiro atoms. The molecule has 1 heterocycles. The van der Waals surface area contributed by atoms with Crippen LogP contribution in [0.4, 0.5) is 0 Å². The third-order valence-electron chi connectivity index (χ3n) is 1.16. The summed E-state index contributed by atoms with van der Waals surface area (Å²) in [5.41, 5.74) is 0. The Morgan fingerprint density at radius 3 is 2.58 bits per heavy atom. The van der Waals surface area contributed by atoms with Gasteiger partial charge in [0.1, 0.15) is 11.5 Å². The highest BCUT2D eigenvalue weighted by Crippen LogP contribution is 2.10. The van der Waals surface area contributed by atoms with Crippen LogP contribution in [0.3, 0.4) is 0 Å². The molecule has 1 aromatic rings. The first-order chi connectivity index (χ1) is 5.47. The van der Waals surface area contributed by atoms with Crippen molar-refractivity contribution in [1.29, 1.82) is 0 Å². The molecule has 1 aromatic heterocycles. The van der Waals surface area contributed by atoms with Crippen LogP contribution in [-0.4, -0.2) is 8.42 Å². The van der Waals surface area contributed by atoms with Gasteiger partial charge in [-0.05, 0) is 25.1 Å². The summed E-state index contributed by atoms with van der Waals surface area (Å²) in [6.07, 6.45) is 1.30. The van der Waals surface area contributed by atoms with Gasteiger partial charge in [-0.15, -0.1) is 0 Å². The van der Waals surface area contributed by atoms with Crippen molar-refractivity contribution in [3.63, 3.8) is 0 Å². The Labute approximate surface area is 75.1 Å². The lowest BCUT2D eigenvalue weighted by molar-refractivity contribution is 0.525.